The molecule has 1 nitrogen and oxygen atoms in total. The van der Waals surface area contributed by atoms with Gasteiger partial charge in [-0.25, -0.2) is 0 Å². The van der Waals surface area contributed by atoms with E-state index in [9.17, 15) is 0 Å². The highest BCUT2D eigenvalue weighted by atomic mass is 14.5. The van der Waals surface area contributed by atoms with Crippen molar-refractivity contribution in [2.75, 3.05) is 6.54 Å². The number of nitrogens with two attached hydrogens (primary N) is 1. The summed E-state index contributed by atoms with van der Waals surface area (Å²) in [7, 11) is 0. The quantitative estimate of drug-likeness (QED) is 0.862. The molecule has 0 saturated carbocycles. The Bertz CT molecular complexity index is 829. The van der Waals surface area contributed by atoms with Gasteiger partial charge in [0.25, 0.3) is 0 Å². The highest BCUT2D eigenvalue weighted by molar-refractivity contribution is 5.61. The van der Waals surface area contributed by atoms with Crippen LogP contribution >= 0.6 is 0 Å². The second-order valence-electron chi connectivity index (χ2n) is 4.71. The van der Waals surface area contributed by atoms with Crippen LogP contribution in [-0.4, -0.2) is 6.54 Å². The molecule has 3 rings (SSSR count). The molecule has 19 heavy (non-hydrogen) atoms. The monoisotopic (exact) mass is 247 g/mol. The molecule has 2 N–H and O–H groups in total. The molecule has 0 aliphatic heterocycles. The molecule has 2 aromatic rings. The molecule has 0 saturated heterocycles. The van der Waals surface area contributed by atoms with Crippen LogP contribution < -0.4 is 16.2 Å². The van der Waals surface area contributed by atoms with Crippen LogP contribution in [0.4, 0.5) is 0 Å². The number of hydrogen-bond donors (Lipinski definition) is 1. The Morgan fingerprint density at radius 1 is 1.00 bits per heavy atom. The molecule has 0 amide bonds. The average molecular weight is 247 g/mol. The first-order valence-electron chi connectivity index (χ1n) is 6.67. The van der Waals surface area contributed by atoms with E-state index in [1.54, 1.807) is 0 Å². The first-order valence-corrected chi connectivity index (χ1v) is 6.67. The Hall–Kier alpha value is -2.12. The zero-order chi connectivity index (χ0) is 13.1. The average Bonchev–Trinajstić information content (AvgIpc) is 2.64. The van der Waals surface area contributed by atoms with Crippen molar-refractivity contribution >= 4 is 18.2 Å². The molecule has 0 fully saturated rings. The van der Waals surface area contributed by atoms with Crippen LogP contribution in [0, 0.1) is 10.4 Å². The Morgan fingerprint density at radius 2 is 1.89 bits per heavy atom. The van der Waals surface area contributed by atoms with E-state index >= 15 is 0 Å². The third-order valence-corrected chi connectivity index (χ3v) is 3.44. The summed E-state index contributed by atoms with van der Waals surface area (Å²) in [4.78, 5) is 0. The van der Waals surface area contributed by atoms with Crippen molar-refractivity contribution in [3.8, 4) is 0 Å². The maximum Gasteiger partial charge on any atom is -0.00360 e. The minimum absolute atomic E-state index is 0.688. The molecule has 0 heterocycles. The molecular formula is C18H17N. The Kier molecular flexibility index (Phi) is 3.30. The van der Waals surface area contributed by atoms with Crippen molar-refractivity contribution in [2.45, 2.75) is 6.42 Å². The zero-order valence-corrected chi connectivity index (χ0v) is 10.8. The largest absolute Gasteiger partial charge is 0.330 e. The van der Waals surface area contributed by atoms with Gasteiger partial charge >= 0.3 is 0 Å². The van der Waals surface area contributed by atoms with Crippen LogP contribution in [0.1, 0.15) is 12.0 Å². The van der Waals surface area contributed by atoms with Gasteiger partial charge in [-0.15, -0.1) is 0 Å². The summed E-state index contributed by atoms with van der Waals surface area (Å²) in [6.07, 6.45) is 9.61. The van der Waals surface area contributed by atoms with E-state index in [2.05, 4.69) is 66.8 Å². The molecule has 0 spiro atoms. The van der Waals surface area contributed by atoms with Crippen LogP contribution in [0.2, 0.25) is 0 Å². The Balaban J connectivity index is 2.57. The first-order chi connectivity index (χ1) is 9.40. The van der Waals surface area contributed by atoms with Gasteiger partial charge in [0.15, 0.2) is 0 Å². The molecular weight excluding hydrogens is 230 g/mol. The van der Waals surface area contributed by atoms with Crippen LogP contribution in [0.5, 0.6) is 0 Å². The molecule has 1 heteroatoms. The van der Waals surface area contributed by atoms with Crippen molar-refractivity contribution < 1.29 is 0 Å². The summed E-state index contributed by atoms with van der Waals surface area (Å²) >= 11 is 0. The second-order valence-corrected chi connectivity index (χ2v) is 4.71. The van der Waals surface area contributed by atoms with E-state index in [-0.39, 0.29) is 0 Å². The van der Waals surface area contributed by atoms with E-state index in [0.717, 1.165) is 6.42 Å². The van der Waals surface area contributed by atoms with Gasteiger partial charge in [0.2, 0.25) is 0 Å². The predicted molar refractivity (Wildman–Crippen MR) is 81.4 cm³/mol. The molecule has 0 atom stereocenters. The third kappa shape index (κ3) is 2.25. The molecule has 1 aliphatic rings. The second kappa shape index (κ2) is 5.25. The van der Waals surface area contributed by atoms with Crippen LogP contribution in [0.15, 0.2) is 48.5 Å². The lowest BCUT2D eigenvalue weighted by molar-refractivity contribution is 1.04. The lowest BCUT2D eigenvalue weighted by Gasteiger charge is -1.98. The maximum atomic E-state index is 5.63. The van der Waals surface area contributed by atoms with Crippen molar-refractivity contribution in [2.24, 2.45) is 5.73 Å². The highest BCUT2D eigenvalue weighted by Crippen LogP contribution is 2.05. The molecule has 0 unspecified atom stereocenters. The minimum atomic E-state index is 0.688. The van der Waals surface area contributed by atoms with Gasteiger partial charge in [-0.3, -0.25) is 0 Å². The number of hydrogen-bond acceptors (Lipinski definition) is 1. The molecule has 1 aliphatic carbocycles. The van der Waals surface area contributed by atoms with E-state index < -0.39 is 0 Å². The minimum Gasteiger partial charge on any atom is -0.330 e. The standard InChI is InChI=1S/C18H17N/c19-13-5-11-16-10-4-9-15-8-3-7-14-6-1-2-12-17(14)18(15)16/h1-4,6-12H,5,13,19H2. The molecule has 0 bridgehead atoms. The Labute approximate surface area is 112 Å². The van der Waals surface area contributed by atoms with Crippen molar-refractivity contribution in [1.82, 2.24) is 0 Å². The highest BCUT2D eigenvalue weighted by Gasteiger charge is 1.98. The summed E-state index contributed by atoms with van der Waals surface area (Å²) in [6.45, 7) is 0.688. The summed E-state index contributed by atoms with van der Waals surface area (Å²) in [5.74, 6) is 0. The zero-order valence-electron chi connectivity index (χ0n) is 10.8. The van der Waals surface area contributed by atoms with E-state index in [1.807, 2.05) is 0 Å². The van der Waals surface area contributed by atoms with E-state index in [4.69, 9.17) is 5.73 Å². The summed E-state index contributed by atoms with van der Waals surface area (Å²) in [6, 6.07) is 15.0. The lowest BCUT2D eigenvalue weighted by atomic mass is 10.1. The van der Waals surface area contributed by atoms with Gasteiger partial charge in [0.05, 0.1) is 0 Å². The first kappa shape index (κ1) is 11.9. The van der Waals surface area contributed by atoms with Crippen molar-refractivity contribution in [1.29, 1.82) is 0 Å². The van der Waals surface area contributed by atoms with Crippen molar-refractivity contribution in [3.05, 3.63) is 75.0 Å². The van der Waals surface area contributed by atoms with Crippen LogP contribution in [0.3, 0.4) is 0 Å². The summed E-state index contributed by atoms with van der Waals surface area (Å²) in [5.41, 5.74) is 6.90. The van der Waals surface area contributed by atoms with E-state index in [0.29, 0.717) is 6.54 Å². The fourth-order valence-electron chi connectivity index (χ4n) is 2.57. The summed E-state index contributed by atoms with van der Waals surface area (Å²) in [5, 5.41) is 5.16. The maximum absolute atomic E-state index is 5.63. The fourth-order valence-corrected chi connectivity index (χ4v) is 2.57. The number of rotatable bonds is 2. The van der Waals surface area contributed by atoms with Gasteiger partial charge in [-0.2, -0.15) is 0 Å². The molecule has 0 radical (unpaired) electrons. The lowest BCUT2D eigenvalue weighted by Crippen LogP contribution is -2.10. The number of fused-ring (bicyclic) bond motifs is 2. The van der Waals surface area contributed by atoms with Gasteiger partial charge in [-0.05, 0) is 39.4 Å². The topological polar surface area (TPSA) is 26.0 Å². The number of benzene rings is 2. The SMILES string of the molecule is NCCC=c1cccc2c1=c1ccccc1=CC=C2. The third-order valence-electron chi connectivity index (χ3n) is 3.44. The van der Waals surface area contributed by atoms with Gasteiger partial charge < -0.3 is 5.73 Å². The number of allylic oxidation sites excluding steroid dienone is 1. The van der Waals surface area contributed by atoms with E-state index in [1.165, 1.54) is 26.4 Å². The van der Waals surface area contributed by atoms with Crippen molar-refractivity contribution in [3.63, 3.8) is 0 Å². The molecule has 2 aromatic carbocycles. The fraction of sp³-hybridized carbons (Fsp3) is 0.111. The smallest absolute Gasteiger partial charge is 0.00360 e. The van der Waals surface area contributed by atoms with Gasteiger partial charge in [-0.1, -0.05) is 66.8 Å². The van der Waals surface area contributed by atoms with Crippen LogP contribution in [-0.2, 0) is 0 Å². The predicted octanol–water partition coefficient (Wildman–Crippen LogP) is 1.91. The molecule has 0 aromatic heterocycles. The normalized spacial score (nSPS) is 13.4. The van der Waals surface area contributed by atoms with Gasteiger partial charge in [0, 0.05) is 0 Å². The van der Waals surface area contributed by atoms with Gasteiger partial charge in [0.1, 0.15) is 0 Å². The summed E-state index contributed by atoms with van der Waals surface area (Å²) < 4.78 is 0. The molecule has 94 valence electrons. The Morgan fingerprint density at radius 3 is 2.79 bits per heavy atom. The van der Waals surface area contributed by atoms with Crippen LogP contribution in [0.25, 0.3) is 18.2 Å².